The second kappa shape index (κ2) is 8.36. The molecule has 2 saturated carbocycles. The number of aliphatic hydroxyl groups excluding tert-OH is 1. The van der Waals surface area contributed by atoms with E-state index in [0.29, 0.717) is 23.4 Å². The Bertz CT molecular complexity index is 1560. The Hall–Kier alpha value is -1.78. The van der Waals surface area contributed by atoms with Gasteiger partial charge >= 0.3 is 0 Å². The van der Waals surface area contributed by atoms with Crippen LogP contribution in [0.15, 0.2) is 24.5 Å². The maximum absolute atomic E-state index is 13.8. The Morgan fingerprint density at radius 1 is 1.18 bits per heavy atom. The molecule has 4 aliphatic rings. The van der Waals surface area contributed by atoms with Crippen molar-refractivity contribution in [2.24, 2.45) is 5.92 Å². The van der Waals surface area contributed by atoms with Crippen molar-refractivity contribution in [1.82, 2.24) is 14.3 Å². The number of sulfonamides is 1. The fourth-order valence-electron chi connectivity index (χ4n) is 7.00. The van der Waals surface area contributed by atoms with Crippen molar-refractivity contribution in [2.45, 2.75) is 81.7 Å². The summed E-state index contributed by atoms with van der Waals surface area (Å²) in [7, 11) is -3.45. The van der Waals surface area contributed by atoms with Crippen molar-refractivity contribution < 1.29 is 13.5 Å². The zero-order valence-electron chi connectivity index (χ0n) is 21.9. The molecule has 202 valence electrons. The van der Waals surface area contributed by atoms with Crippen molar-refractivity contribution in [2.75, 3.05) is 18.0 Å². The minimum absolute atomic E-state index is 0.0355. The van der Waals surface area contributed by atoms with Crippen LogP contribution in [0.4, 0.5) is 5.69 Å². The third kappa shape index (κ3) is 3.61. The lowest BCUT2D eigenvalue weighted by atomic mass is 9.75. The second-order valence-electron chi connectivity index (χ2n) is 12.5. The molecule has 2 aliphatic carbocycles. The van der Waals surface area contributed by atoms with Crippen molar-refractivity contribution in [1.29, 1.82) is 0 Å². The number of rotatable bonds is 4. The molecule has 7 rings (SSSR count). The average molecular weight is 573 g/mol. The van der Waals surface area contributed by atoms with Crippen LogP contribution in [0, 0.1) is 5.92 Å². The highest BCUT2D eigenvalue weighted by Crippen LogP contribution is 2.60. The van der Waals surface area contributed by atoms with E-state index in [0.717, 1.165) is 70.7 Å². The summed E-state index contributed by atoms with van der Waals surface area (Å²) in [5, 5.41) is 10.5. The van der Waals surface area contributed by atoms with Gasteiger partial charge in [0.05, 0.1) is 33.0 Å². The fraction of sp³-hybridized carbons (Fsp3) is 0.571. The third-order valence-electron chi connectivity index (χ3n) is 9.23. The van der Waals surface area contributed by atoms with Gasteiger partial charge in [-0.25, -0.2) is 18.4 Å². The quantitative estimate of drug-likeness (QED) is 0.441. The predicted octanol–water partition coefficient (Wildman–Crippen LogP) is 5.55. The Morgan fingerprint density at radius 2 is 1.97 bits per heavy atom. The monoisotopic (exact) mass is 572 g/mol. The highest BCUT2D eigenvalue weighted by Gasteiger charge is 2.59. The number of halogens is 1. The summed E-state index contributed by atoms with van der Waals surface area (Å²) in [4.78, 5) is 12.5. The van der Waals surface area contributed by atoms with Crippen molar-refractivity contribution >= 4 is 48.9 Å². The summed E-state index contributed by atoms with van der Waals surface area (Å²) in [5.41, 5.74) is 4.78. The molecule has 3 aromatic rings. The summed E-state index contributed by atoms with van der Waals surface area (Å²) in [5.74, 6) is 1.06. The van der Waals surface area contributed by atoms with E-state index in [-0.39, 0.29) is 18.2 Å². The van der Waals surface area contributed by atoms with Crippen LogP contribution >= 0.6 is 22.9 Å². The number of hydrogen-bond donors (Lipinski definition) is 1. The average Bonchev–Trinajstić information content (AvgIpc) is 3.31. The standard InChI is InChI=1S/C28H33ClN4O3S2/c1-27(2,3)38(35,36)33-13-18(11-28(33)5-4-6-28)32-12-16-7-20(16)21-8-17(29)9-22(25(21)32)24-26-23(30-15-31-24)10-19(14-34)37-26/h8-10,15-16,18,20,34H,4-7,11-14H2,1-3H3/t16-,18-,20-/m1/s1. The molecule has 3 atom stereocenters. The van der Waals surface area contributed by atoms with Crippen LogP contribution in [0.2, 0.25) is 5.02 Å². The largest absolute Gasteiger partial charge is 0.391 e. The molecule has 1 aromatic carbocycles. The van der Waals surface area contributed by atoms with Gasteiger partial charge in [-0.3, -0.25) is 0 Å². The van der Waals surface area contributed by atoms with E-state index in [4.69, 9.17) is 16.6 Å². The van der Waals surface area contributed by atoms with Crippen molar-refractivity contribution in [3.63, 3.8) is 0 Å². The smallest absolute Gasteiger partial charge is 0.219 e. The fourth-order valence-corrected chi connectivity index (χ4v) is 10.0. The molecule has 1 spiro atoms. The number of hydrogen-bond acceptors (Lipinski definition) is 7. The zero-order chi connectivity index (χ0) is 26.6. The topological polar surface area (TPSA) is 86.6 Å². The van der Waals surface area contributed by atoms with Crippen LogP contribution in [-0.4, -0.2) is 57.2 Å². The molecule has 0 amide bonds. The van der Waals surface area contributed by atoms with Gasteiger partial charge in [-0.15, -0.1) is 11.3 Å². The van der Waals surface area contributed by atoms with E-state index in [9.17, 15) is 13.5 Å². The maximum Gasteiger partial charge on any atom is 0.219 e. The molecule has 0 unspecified atom stereocenters. The number of benzene rings is 1. The molecule has 1 saturated heterocycles. The van der Waals surface area contributed by atoms with Crippen LogP contribution in [0.5, 0.6) is 0 Å². The SMILES string of the molecule is CC(C)(C)S(=O)(=O)N1C[C@H](N2C[C@H]3C[C@H]3c3cc(Cl)cc(-c4ncnc5cc(CO)sc45)c32)CC12CCC2. The first-order valence-corrected chi connectivity index (χ1v) is 16.1. The highest BCUT2D eigenvalue weighted by atomic mass is 35.5. The number of aromatic nitrogens is 2. The lowest BCUT2D eigenvalue weighted by Crippen LogP contribution is -2.56. The molecule has 0 radical (unpaired) electrons. The Kier molecular flexibility index (Phi) is 5.55. The first-order chi connectivity index (χ1) is 18.0. The molecule has 1 N–H and O–H groups in total. The van der Waals surface area contributed by atoms with Gasteiger partial charge in [-0.1, -0.05) is 11.6 Å². The van der Waals surface area contributed by atoms with Gasteiger partial charge < -0.3 is 10.0 Å². The summed E-state index contributed by atoms with van der Waals surface area (Å²) in [6.07, 6.45) is 6.53. The van der Waals surface area contributed by atoms with Gasteiger partial charge in [0.25, 0.3) is 0 Å². The van der Waals surface area contributed by atoms with Gasteiger partial charge in [0.1, 0.15) is 6.33 Å². The van der Waals surface area contributed by atoms with Crippen LogP contribution in [0.3, 0.4) is 0 Å². The van der Waals surface area contributed by atoms with Crippen LogP contribution in [0.1, 0.15) is 69.2 Å². The number of aliphatic hydroxyl groups is 1. The number of anilines is 1. The van der Waals surface area contributed by atoms with E-state index in [1.54, 1.807) is 6.33 Å². The molecule has 10 heteroatoms. The minimum Gasteiger partial charge on any atom is -0.391 e. The van der Waals surface area contributed by atoms with E-state index < -0.39 is 14.8 Å². The molecule has 3 fully saturated rings. The molecule has 2 aliphatic heterocycles. The van der Waals surface area contributed by atoms with Gasteiger partial charge in [0.15, 0.2) is 0 Å². The van der Waals surface area contributed by atoms with Crippen molar-refractivity contribution in [3.8, 4) is 11.3 Å². The molecule has 2 aromatic heterocycles. The Labute approximate surface area is 232 Å². The molecular weight excluding hydrogens is 540 g/mol. The summed E-state index contributed by atoms with van der Waals surface area (Å²) in [6.45, 7) is 6.86. The molecule has 7 nitrogen and oxygen atoms in total. The van der Waals surface area contributed by atoms with Gasteiger partial charge in [-0.05, 0) is 88.5 Å². The number of fused-ring (bicyclic) bond motifs is 4. The maximum atomic E-state index is 13.8. The third-order valence-corrected chi connectivity index (χ3v) is 13.2. The van der Waals surface area contributed by atoms with E-state index in [1.807, 2.05) is 37.2 Å². The first kappa shape index (κ1) is 25.2. The molecular formula is C28H33ClN4O3S2. The lowest BCUT2D eigenvalue weighted by molar-refractivity contribution is 0.125. The lowest BCUT2D eigenvalue weighted by Gasteiger charge is -2.46. The normalized spacial score (nSPS) is 26.4. The van der Waals surface area contributed by atoms with Crippen LogP contribution in [-0.2, 0) is 16.6 Å². The molecule has 38 heavy (non-hydrogen) atoms. The van der Waals surface area contributed by atoms with Gasteiger partial charge in [0, 0.05) is 40.1 Å². The molecule has 4 heterocycles. The summed E-state index contributed by atoms with van der Waals surface area (Å²) < 4.78 is 29.5. The van der Waals surface area contributed by atoms with Gasteiger partial charge in [0.2, 0.25) is 10.0 Å². The molecule has 0 bridgehead atoms. The van der Waals surface area contributed by atoms with Crippen molar-refractivity contribution in [3.05, 3.63) is 40.0 Å². The Balaban J connectivity index is 1.37. The highest BCUT2D eigenvalue weighted by molar-refractivity contribution is 7.90. The summed E-state index contributed by atoms with van der Waals surface area (Å²) in [6, 6.07) is 6.14. The first-order valence-electron chi connectivity index (χ1n) is 13.5. The predicted molar refractivity (Wildman–Crippen MR) is 152 cm³/mol. The zero-order valence-corrected chi connectivity index (χ0v) is 24.3. The van der Waals surface area contributed by atoms with E-state index in [2.05, 4.69) is 16.0 Å². The van der Waals surface area contributed by atoms with Gasteiger partial charge in [-0.2, -0.15) is 4.31 Å². The summed E-state index contributed by atoms with van der Waals surface area (Å²) >= 11 is 8.25. The second-order valence-corrected chi connectivity index (χ2v) is 16.7. The van der Waals surface area contributed by atoms with E-state index in [1.165, 1.54) is 16.9 Å². The number of nitrogens with zero attached hydrogens (tertiary/aromatic N) is 4. The minimum atomic E-state index is -3.45. The van der Waals surface area contributed by atoms with Crippen LogP contribution < -0.4 is 4.90 Å². The number of thiophene rings is 1. The Morgan fingerprint density at radius 3 is 2.66 bits per heavy atom. The van der Waals surface area contributed by atoms with E-state index >= 15 is 0 Å². The van der Waals surface area contributed by atoms with Crippen LogP contribution in [0.25, 0.3) is 21.5 Å².